The number of hydrogen-bond donors (Lipinski definition) is 2. The summed E-state index contributed by atoms with van der Waals surface area (Å²) in [6.07, 6.45) is 4.12. The fourth-order valence-electron chi connectivity index (χ4n) is 2.93. The van der Waals surface area contributed by atoms with Gasteiger partial charge in [0.25, 0.3) is 0 Å². The van der Waals surface area contributed by atoms with E-state index < -0.39 is 23.1 Å². The maximum absolute atomic E-state index is 12.7. The van der Waals surface area contributed by atoms with Crippen LogP contribution in [-0.2, 0) is 9.59 Å². The highest BCUT2D eigenvalue weighted by atomic mass is 16.3. The molecular weight excluding hydrogens is 304 g/mol. The standard InChI is InChI=1S/C20H30O4/c1-12(2)7-9-16-18(22)15(11-14(5)6)19(23)20(16,24)17(21)10-8-13(3)4/h7-8,14,16,23-24H,9-11H2,1-6H3. The predicted octanol–water partition coefficient (Wildman–Crippen LogP) is 4.06. The summed E-state index contributed by atoms with van der Waals surface area (Å²) in [4.78, 5) is 25.4. The number of hydrogen-bond acceptors (Lipinski definition) is 4. The second-order valence-electron chi connectivity index (χ2n) is 7.53. The molecule has 0 aromatic heterocycles. The lowest BCUT2D eigenvalue weighted by Gasteiger charge is -2.27. The SMILES string of the molecule is CC(C)=CCC(=O)C1(O)C(O)=C(CC(C)C)C(=O)C1CC=C(C)C. The van der Waals surface area contributed by atoms with Gasteiger partial charge < -0.3 is 10.2 Å². The molecule has 2 atom stereocenters. The van der Waals surface area contributed by atoms with Crippen LogP contribution in [0.3, 0.4) is 0 Å². The summed E-state index contributed by atoms with van der Waals surface area (Å²) < 4.78 is 0. The molecule has 4 nitrogen and oxygen atoms in total. The number of aliphatic hydroxyl groups is 2. The molecule has 0 radical (unpaired) electrons. The van der Waals surface area contributed by atoms with E-state index >= 15 is 0 Å². The number of carbonyl (C=O) groups excluding carboxylic acids is 2. The van der Waals surface area contributed by atoms with Gasteiger partial charge in [-0.1, -0.05) is 37.1 Å². The number of aliphatic hydroxyl groups excluding tert-OH is 1. The number of ketones is 2. The van der Waals surface area contributed by atoms with Crippen LogP contribution in [-0.4, -0.2) is 27.4 Å². The van der Waals surface area contributed by atoms with E-state index in [1.54, 1.807) is 6.08 Å². The molecule has 1 aliphatic rings. The van der Waals surface area contributed by atoms with Crippen molar-refractivity contribution in [3.05, 3.63) is 34.6 Å². The number of allylic oxidation sites excluding steroid dienone is 5. The van der Waals surface area contributed by atoms with Crippen LogP contribution in [0.1, 0.15) is 60.8 Å². The van der Waals surface area contributed by atoms with Crippen LogP contribution >= 0.6 is 0 Å². The van der Waals surface area contributed by atoms with Gasteiger partial charge in [0, 0.05) is 12.0 Å². The van der Waals surface area contributed by atoms with Crippen molar-refractivity contribution < 1.29 is 19.8 Å². The Bertz CT molecular complexity index is 599. The fraction of sp³-hybridized carbons (Fsp3) is 0.600. The summed E-state index contributed by atoms with van der Waals surface area (Å²) in [6, 6.07) is 0. The third-order valence-corrected chi connectivity index (χ3v) is 4.26. The van der Waals surface area contributed by atoms with Gasteiger partial charge in [0.05, 0.1) is 5.92 Å². The zero-order valence-electron chi connectivity index (χ0n) is 15.6. The van der Waals surface area contributed by atoms with Crippen LogP contribution in [0.15, 0.2) is 34.6 Å². The highest BCUT2D eigenvalue weighted by Gasteiger charge is 2.56. The minimum atomic E-state index is -2.11. The fourth-order valence-corrected chi connectivity index (χ4v) is 2.93. The molecular formula is C20H30O4. The van der Waals surface area contributed by atoms with Crippen molar-refractivity contribution in [2.75, 3.05) is 0 Å². The molecule has 0 saturated heterocycles. The molecule has 0 aromatic carbocycles. The van der Waals surface area contributed by atoms with Crippen molar-refractivity contribution in [1.29, 1.82) is 0 Å². The Morgan fingerprint density at radius 1 is 1.17 bits per heavy atom. The van der Waals surface area contributed by atoms with Gasteiger partial charge in [-0.3, -0.25) is 9.59 Å². The average Bonchev–Trinajstić information content (AvgIpc) is 2.64. The molecule has 2 unspecified atom stereocenters. The summed E-state index contributed by atoms with van der Waals surface area (Å²) in [6.45, 7) is 11.4. The lowest BCUT2D eigenvalue weighted by atomic mass is 9.81. The van der Waals surface area contributed by atoms with Crippen molar-refractivity contribution in [1.82, 2.24) is 0 Å². The van der Waals surface area contributed by atoms with Crippen LogP contribution in [0.25, 0.3) is 0 Å². The average molecular weight is 334 g/mol. The van der Waals surface area contributed by atoms with Crippen molar-refractivity contribution in [3.63, 3.8) is 0 Å². The van der Waals surface area contributed by atoms with Gasteiger partial charge in [-0.2, -0.15) is 0 Å². The van der Waals surface area contributed by atoms with E-state index in [2.05, 4.69) is 0 Å². The van der Waals surface area contributed by atoms with Crippen LogP contribution in [0.2, 0.25) is 0 Å². The summed E-state index contributed by atoms with van der Waals surface area (Å²) >= 11 is 0. The second kappa shape index (κ2) is 7.93. The molecule has 0 fully saturated rings. The topological polar surface area (TPSA) is 74.6 Å². The zero-order valence-corrected chi connectivity index (χ0v) is 15.6. The van der Waals surface area contributed by atoms with Gasteiger partial charge in [-0.25, -0.2) is 0 Å². The first kappa shape index (κ1) is 20.4. The quantitative estimate of drug-likeness (QED) is 0.689. The van der Waals surface area contributed by atoms with Gasteiger partial charge in [0.15, 0.2) is 17.2 Å². The Hall–Kier alpha value is -1.68. The van der Waals surface area contributed by atoms with Gasteiger partial charge in [0.1, 0.15) is 5.76 Å². The van der Waals surface area contributed by atoms with Crippen LogP contribution in [0.4, 0.5) is 0 Å². The van der Waals surface area contributed by atoms with E-state index in [9.17, 15) is 19.8 Å². The molecule has 0 bridgehead atoms. The maximum Gasteiger partial charge on any atom is 0.190 e. The monoisotopic (exact) mass is 334 g/mol. The molecule has 0 saturated carbocycles. The van der Waals surface area contributed by atoms with Crippen LogP contribution < -0.4 is 0 Å². The molecule has 2 N–H and O–H groups in total. The van der Waals surface area contributed by atoms with Crippen LogP contribution in [0.5, 0.6) is 0 Å². The molecule has 4 heteroatoms. The Morgan fingerprint density at radius 3 is 2.17 bits per heavy atom. The Balaban J connectivity index is 3.31. The molecule has 0 spiro atoms. The van der Waals surface area contributed by atoms with Gasteiger partial charge in [-0.05, 0) is 46.5 Å². The third-order valence-electron chi connectivity index (χ3n) is 4.26. The van der Waals surface area contributed by atoms with Crippen molar-refractivity contribution >= 4 is 11.6 Å². The Labute approximate surface area is 145 Å². The Kier molecular flexibility index (Phi) is 6.73. The molecule has 1 aliphatic carbocycles. The molecule has 0 aromatic rings. The Morgan fingerprint density at radius 2 is 1.71 bits per heavy atom. The van der Waals surface area contributed by atoms with E-state index in [0.717, 1.165) is 11.1 Å². The minimum absolute atomic E-state index is 0.00352. The minimum Gasteiger partial charge on any atom is -0.508 e. The summed E-state index contributed by atoms with van der Waals surface area (Å²) in [5.74, 6) is -2.09. The molecule has 0 heterocycles. The number of Topliss-reactive ketones (excluding diaryl/α,β-unsaturated/α-hetero) is 2. The van der Waals surface area contributed by atoms with Crippen molar-refractivity contribution in [2.24, 2.45) is 11.8 Å². The molecule has 24 heavy (non-hydrogen) atoms. The van der Waals surface area contributed by atoms with Gasteiger partial charge in [0.2, 0.25) is 0 Å². The lowest BCUT2D eigenvalue weighted by molar-refractivity contribution is -0.144. The van der Waals surface area contributed by atoms with Gasteiger partial charge in [-0.15, -0.1) is 0 Å². The maximum atomic E-state index is 12.7. The number of rotatable bonds is 7. The first-order chi connectivity index (χ1) is 11.0. The first-order valence-electron chi connectivity index (χ1n) is 8.50. The van der Waals surface area contributed by atoms with Crippen molar-refractivity contribution in [3.8, 4) is 0 Å². The summed E-state index contributed by atoms with van der Waals surface area (Å²) in [5, 5.41) is 21.6. The van der Waals surface area contributed by atoms with E-state index in [1.165, 1.54) is 0 Å². The van der Waals surface area contributed by atoms with Crippen molar-refractivity contribution in [2.45, 2.75) is 66.4 Å². The van der Waals surface area contributed by atoms with E-state index in [4.69, 9.17) is 0 Å². The highest BCUT2D eigenvalue weighted by Crippen LogP contribution is 2.42. The largest absolute Gasteiger partial charge is 0.508 e. The zero-order chi connectivity index (χ0) is 18.7. The second-order valence-corrected chi connectivity index (χ2v) is 7.53. The lowest BCUT2D eigenvalue weighted by Crippen LogP contribution is -2.46. The highest BCUT2D eigenvalue weighted by molar-refractivity contribution is 6.09. The van der Waals surface area contributed by atoms with Crippen LogP contribution in [0, 0.1) is 11.8 Å². The summed E-state index contributed by atoms with van der Waals surface area (Å²) in [5.41, 5.74) is 0.0334. The normalized spacial score (nSPS) is 23.7. The number of carbonyl (C=O) groups is 2. The molecule has 0 aliphatic heterocycles. The van der Waals surface area contributed by atoms with E-state index in [1.807, 2.05) is 47.6 Å². The predicted molar refractivity (Wildman–Crippen MR) is 95.7 cm³/mol. The summed E-state index contributed by atoms with van der Waals surface area (Å²) in [7, 11) is 0. The van der Waals surface area contributed by atoms with Gasteiger partial charge >= 0.3 is 0 Å². The smallest absolute Gasteiger partial charge is 0.190 e. The third kappa shape index (κ3) is 4.23. The first-order valence-corrected chi connectivity index (χ1v) is 8.50. The van der Waals surface area contributed by atoms with E-state index in [0.29, 0.717) is 6.42 Å². The molecule has 134 valence electrons. The molecule has 1 rings (SSSR count). The van der Waals surface area contributed by atoms with E-state index in [-0.39, 0.29) is 30.1 Å². The molecule has 0 amide bonds.